The van der Waals surface area contributed by atoms with E-state index in [1.165, 1.54) is 12.4 Å². The number of rotatable bonds is 9. The van der Waals surface area contributed by atoms with Crippen molar-refractivity contribution in [3.8, 4) is 0 Å². The molecule has 0 amide bonds. The van der Waals surface area contributed by atoms with Crippen LogP contribution in [0.25, 0.3) is 0 Å². The van der Waals surface area contributed by atoms with Crippen LogP contribution in [0.2, 0.25) is 0 Å². The minimum Gasteiger partial charge on any atom is -0.480 e. The summed E-state index contributed by atoms with van der Waals surface area (Å²) in [5.41, 5.74) is 10.4. The number of carbonyl (C=O) groups is 1. The van der Waals surface area contributed by atoms with Crippen molar-refractivity contribution >= 4 is 21.2 Å². The third-order valence-corrected chi connectivity index (χ3v) is 6.89. The molecule has 0 bridgehead atoms. The molecule has 14 nitrogen and oxygen atoms in total. The molecule has 16 heteroatoms. The van der Waals surface area contributed by atoms with Gasteiger partial charge >= 0.3 is 21.2 Å². The van der Waals surface area contributed by atoms with E-state index in [1.54, 1.807) is 0 Å². The molecule has 160 valence electrons. The number of carboxylic acids is 1. The number of aliphatic carboxylic acids is 1. The molecule has 0 unspecified atom stereocenters. The second-order valence-electron chi connectivity index (χ2n) is 5.33. The quantitative estimate of drug-likeness (QED) is 0.159. The Morgan fingerprint density at radius 3 is 2.04 bits per heavy atom. The fourth-order valence-electron chi connectivity index (χ4n) is 1.61. The highest BCUT2D eigenvalue weighted by Gasteiger charge is 2.59. The number of hydrogen-bond acceptors (Lipinski definition) is 8. The molecular formula is C11H27N5O9P2. The molecule has 0 aromatic carbocycles. The highest BCUT2D eigenvalue weighted by atomic mass is 31.2. The summed E-state index contributed by atoms with van der Waals surface area (Å²) in [6.07, 6.45) is 5.67. The number of imidazole rings is 1. The second-order valence-corrected chi connectivity index (χ2v) is 9.34. The smallest absolute Gasteiger partial charge is 0.371 e. The molecule has 27 heavy (non-hydrogen) atoms. The predicted octanol–water partition coefficient (Wildman–Crippen LogP) is -1.43. The monoisotopic (exact) mass is 435 g/mol. The first-order valence-corrected chi connectivity index (χ1v) is 10.5. The fraction of sp³-hybridized carbons (Fsp3) is 0.636. The van der Waals surface area contributed by atoms with Gasteiger partial charge in [0.25, 0.3) is 5.08 Å². The summed E-state index contributed by atoms with van der Waals surface area (Å²) in [6, 6.07) is -0.716. The highest BCUT2D eigenvalue weighted by Crippen LogP contribution is 2.67. The van der Waals surface area contributed by atoms with Gasteiger partial charge in [0.05, 0.1) is 12.9 Å². The van der Waals surface area contributed by atoms with Crippen LogP contribution in [0.1, 0.15) is 19.3 Å². The topological polar surface area (TPSA) is 277 Å². The molecule has 1 aromatic rings. The van der Waals surface area contributed by atoms with E-state index >= 15 is 0 Å². The molecule has 0 aliphatic rings. The van der Waals surface area contributed by atoms with E-state index in [9.17, 15) is 19.0 Å². The summed E-state index contributed by atoms with van der Waals surface area (Å²) in [6.45, 7) is -0.353. The lowest BCUT2D eigenvalue weighted by Crippen LogP contribution is -2.33. The van der Waals surface area contributed by atoms with Crippen LogP contribution in [0.5, 0.6) is 0 Å². The lowest BCUT2D eigenvalue weighted by atomic mass is 10.1. The van der Waals surface area contributed by atoms with Crippen molar-refractivity contribution in [1.82, 2.24) is 15.7 Å². The van der Waals surface area contributed by atoms with Gasteiger partial charge in [0.15, 0.2) is 0 Å². The SMILES string of the molecule is N.NCCCC[C@H](N)C(=O)O.O=P(O)(O)C(O)(Cn1ccnc1)P(=O)(O)O. The molecule has 1 heterocycles. The lowest BCUT2D eigenvalue weighted by Gasteiger charge is -2.29. The van der Waals surface area contributed by atoms with Crippen LogP contribution < -0.4 is 17.6 Å². The molecule has 0 spiro atoms. The average Bonchev–Trinajstić information content (AvgIpc) is 2.98. The van der Waals surface area contributed by atoms with E-state index in [0.717, 1.165) is 23.7 Å². The van der Waals surface area contributed by atoms with Gasteiger partial charge in [-0.2, -0.15) is 0 Å². The van der Waals surface area contributed by atoms with E-state index in [0.29, 0.717) is 13.0 Å². The van der Waals surface area contributed by atoms with Crippen LogP contribution in [0.15, 0.2) is 18.7 Å². The summed E-state index contributed by atoms with van der Waals surface area (Å²) in [5, 5.41) is 14.4. The molecule has 1 rings (SSSR count). The summed E-state index contributed by atoms with van der Waals surface area (Å²) < 4.78 is 22.8. The summed E-state index contributed by atoms with van der Waals surface area (Å²) in [4.78, 5) is 48.9. The summed E-state index contributed by atoms with van der Waals surface area (Å²) in [5.74, 6) is -0.933. The zero-order valence-electron chi connectivity index (χ0n) is 14.4. The number of carboxylic acid groups (broad SMARTS) is 1. The standard InChI is InChI=1S/C6H14N2O2.C5H10N2O7P2.H3N/c7-4-2-1-3-5(8)6(9)10;8-5(15(9,10)11,16(12,13)14)3-7-2-1-6-4-7;/h5H,1-4,7-8H2,(H,9,10);1-2,4,8H,3H2,(H2,9,10,11)(H2,12,13,14);1H3/t5-;;/m0../s1. The van der Waals surface area contributed by atoms with Crippen molar-refractivity contribution in [3.05, 3.63) is 18.7 Å². The molecule has 0 saturated carbocycles. The number of hydrogen-bond donors (Lipinski definition) is 9. The number of unbranched alkanes of at least 4 members (excludes halogenated alkanes) is 1. The molecule has 0 aliphatic heterocycles. The highest BCUT2D eigenvalue weighted by molar-refractivity contribution is 7.72. The molecule has 1 aromatic heterocycles. The maximum Gasteiger partial charge on any atom is 0.371 e. The molecule has 13 N–H and O–H groups in total. The lowest BCUT2D eigenvalue weighted by molar-refractivity contribution is -0.138. The van der Waals surface area contributed by atoms with Gasteiger partial charge in [-0.15, -0.1) is 0 Å². The Morgan fingerprint density at radius 1 is 1.19 bits per heavy atom. The predicted molar refractivity (Wildman–Crippen MR) is 94.8 cm³/mol. The first kappa shape index (κ1) is 28.0. The van der Waals surface area contributed by atoms with Crippen molar-refractivity contribution < 1.29 is 43.7 Å². The zero-order chi connectivity index (χ0) is 20.6. The maximum atomic E-state index is 10.9. The van der Waals surface area contributed by atoms with Crippen molar-refractivity contribution in [3.63, 3.8) is 0 Å². The zero-order valence-corrected chi connectivity index (χ0v) is 16.2. The number of nitrogens with two attached hydrogens (primary N) is 2. The van der Waals surface area contributed by atoms with Gasteiger partial charge in [-0.25, -0.2) is 4.98 Å². The van der Waals surface area contributed by atoms with Gasteiger partial charge in [-0.05, 0) is 19.4 Å². The Morgan fingerprint density at radius 2 is 1.70 bits per heavy atom. The Bertz CT molecular complexity index is 623. The van der Waals surface area contributed by atoms with Gasteiger partial charge in [-0.3, -0.25) is 13.9 Å². The molecule has 0 saturated heterocycles. The van der Waals surface area contributed by atoms with Crippen molar-refractivity contribution in [2.45, 2.75) is 36.9 Å². The van der Waals surface area contributed by atoms with Gasteiger partial charge in [-0.1, -0.05) is 6.42 Å². The van der Waals surface area contributed by atoms with Crippen LogP contribution in [0.4, 0.5) is 0 Å². The van der Waals surface area contributed by atoms with Gasteiger partial charge in [0.2, 0.25) is 0 Å². The third kappa shape index (κ3) is 9.04. The average molecular weight is 435 g/mol. The minimum atomic E-state index is -5.41. The maximum absolute atomic E-state index is 10.9. The Labute approximate surface area is 155 Å². The van der Waals surface area contributed by atoms with Crippen LogP contribution >= 0.6 is 15.2 Å². The van der Waals surface area contributed by atoms with Crippen LogP contribution in [0, 0.1) is 0 Å². The summed E-state index contributed by atoms with van der Waals surface area (Å²) in [7, 11) is -10.8. The first-order valence-electron chi connectivity index (χ1n) is 7.24. The Kier molecular flexibility index (Phi) is 12.1. The van der Waals surface area contributed by atoms with Crippen molar-refractivity contribution in [2.24, 2.45) is 11.5 Å². The van der Waals surface area contributed by atoms with E-state index in [4.69, 9.17) is 36.1 Å². The molecule has 0 radical (unpaired) electrons. The third-order valence-electron chi connectivity index (χ3n) is 3.17. The van der Waals surface area contributed by atoms with Crippen LogP contribution in [-0.2, 0) is 20.5 Å². The second kappa shape index (κ2) is 11.6. The van der Waals surface area contributed by atoms with Gasteiger partial charge in [0.1, 0.15) is 6.04 Å². The molecular weight excluding hydrogens is 408 g/mol. The molecule has 0 aliphatic carbocycles. The van der Waals surface area contributed by atoms with Crippen molar-refractivity contribution in [2.75, 3.05) is 6.54 Å². The fourth-order valence-corrected chi connectivity index (χ4v) is 3.66. The van der Waals surface area contributed by atoms with Crippen LogP contribution in [-0.4, -0.2) is 63.0 Å². The van der Waals surface area contributed by atoms with E-state index in [-0.39, 0.29) is 6.15 Å². The van der Waals surface area contributed by atoms with E-state index < -0.39 is 38.8 Å². The number of aliphatic hydroxyl groups is 1. The molecule has 1 atom stereocenters. The Hall–Kier alpha value is -1.18. The number of nitrogens with zero attached hydrogens (tertiary/aromatic N) is 2. The first-order chi connectivity index (χ1) is 11.8. The van der Waals surface area contributed by atoms with Gasteiger partial charge < -0.3 is 52.0 Å². The largest absolute Gasteiger partial charge is 0.480 e. The minimum absolute atomic E-state index is 0. The summed E-state index contributed by atoms with van der Waals surface area (Å²) >= 11 is 0. The number of aromatic nitrogens is 2. The molecule has 0 fully saturated rings. The van der Waals surface area contributed by atoms with E-state index in [1.807, 2.05) is 0 Å². The van der Waals surface area contributed by atoms with Crippen LogP contribution in [0.3, 0.4) is 0 Å². The Balaban J connectivity index is 0. The normalized spacial score (nSPS) is 13.1. The van der Waals surface area contributed by atoms with E-state index in [2.05, 4.69) is 4.98 Å². The van der Waals surface area contributed by atoms with Gasteiger partial charge in [0, 0.05) is 12.4 Å². The van der Waals surface area contributed by atoms with Crippen molar-refractivity contribution in [1.29, 1.82) is 0 Å².